The van der Waals surface area contributed by atoms with Crippen LogP contribution in [0.4, 0.5) is 4.39 Å². The molecule has 0 saturated carbocycles. The Bertz CT molecular complexity index is 442. The van der Waals surface area contributed by atoms with E-state index in [9.17, 15) is 4.39 Å². The molecule has 1 unspecified atom stereocenters. The molecule has 1 atom stereocenters. The van der Waals surface area contributed by atoms with Crippen LogP contribution >= 0.6 is 11.6 Å². The maximum absolute atomic E-state index is 13.3. The molecule has 0 amide bonds. The Balaban J connectivity index is 1.97. The van der Waals surface area contributed by atoms with Crippen LogP contribution in [0.2, 0.25) is 0 Å². The fourth-order valence-corrected chi connectivity index (χ4v) is 1.91. The van der Waals surface area contributed by atoms with Crippen LogP contribution < -0.4 is 0 Å². The maximum Gasteiger partial charge on any atom is 0.126 e. The molecule has 0 fully saturated rings. The zero-order chi connectivity index (χ0) is 11.4. The van der Waals surface area contributed by atoms with Gasteiger partial charge in [-0.15, -0.1) is 11.6 Å². The molecule has 0 radical (unpaired) electrons. The SMILES string of the molecule is Fc1ccccc1CC(Cl)Cc1ncc[nH]1. The second-order valence-electron chi connectivity index (χ2n) is 3.63. The molecule has 1 N–H and O–H groups in total. The third-order valence-corrected chi connectivity index (χ3v) is 2.68. The van der Waals surface area contributed by atoms with E-state index < -0.39 is 0 Å². The van der Waals surface area contributed by atoms with E-state index in [0.29, 0.717) is 18.4 Å². The van der Waals surface area contributed by atoms with Crippen molar-refractivity contribution in [3.05, 3.63) is 53.9 Å². The summed E-state index contributed by atoms with van der Waals surface area (Å²) in [7, 11) is 0. The molecule has 0 aliphatic heterocycles. The van der Waals surface area contributed by atoms with E-state index >= 15 is 0 Å². The Morgan fingerprint density at radius 2 is 2.12 bits per heavy atom. The van der Waals surface area contributed by atoms with Gasteiger partial charge in [-0.25, -0.2) is 9.37 Å². The van der Waals surface area contributed by atoms with Gasteiger partial charge >= 0.3 is 0 Å². The number of hydrogen-bond acceptors (Lipinski definition) is 1. The first-order chi connectivity index (χ1) is 7.75. The lowest BCUT2D eigenvalue weighted by Crippen LogP contribution is -2.09. The molecule has 1 heterocycles. The minimum atomic E-state index is -0.201. The summed E-state index contributed by atoms with van der Waals surface area (Å²) in [5.74, 6) is 0.629. The number of aromatic amines is 1. The van der Waals surface area contributed by atoms with Crippen molar-refractivity contribution in [1.29, 1.82) is 0 Å². The summed E-state index contributed by atoms with van der Waals surface area (Å²) >= 11 is 6.15. The molecule has 2 rings (SSSR count). The van der Waals surface area contributed by atoms with Crippen molar-refractivity contribution in [1.82, 2.24) is 9.97 Å². The Hall–Kier alpha value is -1.35. The fourth-order valence-electron chi connectivity index (χ4n) is 1.59. The van der Waals surface area contributed by atoms with Crippen LogP contribution in [0.3, 0.4) is 0 Å². The summed E-state index contributed by atoms with van der Waals surface area (Å²) in [6.45, 7) is 0. The lowest BCUT2D eigenvalue weighted by atomic mass is 10.1. The highest BCUT2D eigenvalue weighted by Gasteiger charge is 2.11. The van der Waals surface area contributed by atoms with E-state index in [1.165, 1.54) is 6.07 Å². The quantitative estimate of drug-likeness (QED) is 0.816. The first kappa shape index (κ1) is 11.1. The molecule has 0 saturated heterocycles. The van der Waals surface area contributed by atoms with E-state index in [2.05, 4.69) is 9.97 Å². The summed E-state index contributed by atoms with van der Waals surface area (Å²) in [5.41, 5.74) is 0.647. The zero-order valence-electron chi connectivity index (χ0n) is 8.66. The van der Waals surface area contributed by atoms with Gasteiger partial charge in [0.2, 0.25) is 0 Å². The van der Waals surface area contributed by atoms with Gasteiger partial charge in [0.25, 0.3) is 0 Å². The molecule has 1 aromatic heterocycles. The van der Waals surface area contributed by atoms with E-state index in [1.54, 1.807) is 24.5 Å². The van der Waals surface area contributed by atoms with E-state index in [-0.39, 0.29) is 11.2 Å². The van der Waals surface area contributed by atoms with Crippen molar-refractivity contribution in [3.63, 3.8) is 0 Å². The number of rotatable bonds is 4. The smallest absolute Gasteiger partial charge is 0.126 e. The number of alkyl halides is 1. The molecule has 0 aliphatic carbocycles. The number of halogens is 2. The number of nitrogens with zero attached hydrogens (tertiary/aromatic N) is 1. The van der Waals surface area contributed by atoms with Gasteiger partial charge in [0.1, 0.15) is 11.6 Å². The molecule has 0 spiro atoms. The van der Waals surface area contributed by atoms with E-state index in [0.717, 1.165) is 5.82 Å². The van der Waals surface area contributed by atoms with Crippen LogP contribution in [-0.2, 0) is 12.8 Å². The molecule has 84 valence electrons. The van der Waals surface area contributed by atoms with Gasteiger partial charge < -0.3 is 4.98 Å². The number of hydrogen-bond donors (Lipinski definition) is 1. The Labute approximate surface area is 98.5 Å². The first-order valence-corrected chi connectivity index (χ1v) is 5.55. The normalized spacial score (nSPS) is 12.6. The molecular formula is C12H12ClFN2. The summed E-state index contributed by atoms with van der Waals surface area (Å²) in [6.07, 6.45) is 4.56. The molecule has 4 heteroatoms. The van der Waals surface area contributed by atoms with Gasteiger partial charge in [-0.2, -0.15) is 0 Å². The Kier molecular flexibility index (Phi) is 3.57. The number of nitrogens with one attached hydrogen (secondary N) is 1. The van der Waals surface area contributed by atoms with E-state index in [4.69, 9.17) is 11.6 Å². The summed E-state index contributed by atoms with van der Waals surface area (Å²) < 4.78 is 13.3. The van der Waals surface area contributed by atoms with Crippen molar-refractivity contribution in [2.24, 2.45) is 0 Å². The molecule has 2 aromatic rings. The van der Waals surface area contributed by atoms with Crippen LogP contribution in [0.1, 0.15) is 11.4 Å². The summed E-state index contributed by atoms with van der Waals surface area (Å²) in [6, 6.07) is 6.70. The second kappa shape index (κ2) is 5.12. The third-order valence-electron chi connectivity index (χ3n) is 2.37. The van der Waals surface area contributed by atoms with Crippen molar-refractivity contribution in [3.8, 4) is 0 Å². The number of benzene rings is 1. The highest BCUT2D eigenvalue weighted by Crippen LogP contribution is 2.14. The molecule has 0 bridgehead atoms. The first-order valence-electron chi connectivity index (χ1n) is 5.11. The zero-order valence-corrected chi connectivity index (χ0v) is 9.41. The van der Waals surface area contributed by atoms with Gasteiger partial charge in [0.05, 0.1) is 0 Å². The largest absolute Gasteiger partial charge is 0.349 e. The predicted octanol–water partition coefficient (Wildman–Crippen LogP) is 2.94. The second-order valence-corrected chi connectivity index (χ2v) is 4.25. The van der Waals surface area contributed by atoms with Crippen LogP contribution in [0.5, 0.6) is 0 Å². The standard InChI is InChI=1S/C12H12ClFN2/c13-10(8-12-15-5-6-16-12)7-9-3-1-2-4-11(9)14/h1-6,10H,7-8H2,(H,15,16). The van der Waals surface area contributed by atoms with Crippen molar-refractivity contribution in [2.45, 2.75) is 18.2 Å². The molecule has 1 aromatic carbocycles. The number of aromatic nitrogens is 2. The Morgan fingerprint density at radius 3 is 2.81 bits per heavy atom. The highest BCUT2D eigenvalue weighted by atomic mass is 35.5. The topological polar surface area (TPSA) is 28.7 Å². The Morgan fingerprint density at radius 1 is 1.31 bits per heavy atom. The van der Waals surface area contributed by atoms with Gasteiger partial charge in [-0.1, -0.05) is 18.2 Å². The number of H-pyrrole nitrogens is 1. The lowest BCUT2D eigenvalue weighted by Gasteiger charge is -2.08. The summed E-state index contributed by atoms with van der Waals surface area (Å²) in [5, 5.41) is -0.150. The fraction of sp³-hybridized carbons (Fsp3) is 0.250. The molecule has 0 aliphatic rings. The van der Waals surface area contributed by atoms with Crippen molar-refractivity contribution >= 4 is 11.6 Å². The molecule has 16 heavy (non-hydrogen) atoms. The average Bonchev–Trinajstić information content (AvgIpc) is 2.74. The highest BCUT2D eigenvalue weighted by molar-refractivity contribution is 6.20. The van der Waals surface area contributed by atoms with Gasteiger partial charge in [0.15, 0.2) is 0 Å². The van der Waals surface area contributed by atoms with Gasteiger partial charge in [0, 0.05) is 24.2 Å². The van der Waals surface area contributed by atoms with Crippen LogP contribution in [0, 0.1) is 5.82 Å². The van der Waals surface area contributed by atoms with Gasteiger partial charge in [-0.05, 0) is 18.1 Å². The van der Waals surface area contributed by atoms with Crippen molar-refractivity contribution in [2.75, 3.05) is 0 Å². The monoisotopic (exact) mass is 238 g/mol. The maximum atomic E-state index is 13.3. The summed E-state index contributed by atoms with van der Waals surface area (Å²) in [4.78, 5) is 7.07. The predicted molar refractivity (Wildman–Crippen MR) is 62.0 cm³/mol. The van der Waals surface area contributed by atoms with Crippen LogP contribution in [0.25, 0.3) is 0 Å². The third kappa shape index (κ3) is 2.83. The molecular weight excluding hydrogens is 227 g/mol. The number of imidazole rings is 1. The van der Waals surface area contributed by atoms with Crippen LogP contribution in [0.15, 0.2) is 36.7 Å². The van der Waals surface area contributed by atoms with Crippen LogP contribution in [-0.4, -0.2) is 15.3 Å². The molecule has 2 nitrogen and oxygen atoms in total. The van der Waals surface area contributed by atoms with E-state index in [1.807, 2.05) is 6.07 Å². The van der Waals surface area contributed by atoms with Crippen molar-refractivity contribution < 1.29 is 4.39 Å². The lowest BCUT2D eigenvalue weighted by molar-refractivity contribution is 0.604. The average molecular weight is 239 g/mol. The minimum Gasteiger partial charge on any atom is -0.349 e. The minimum absolute atomic E-state index is 0.150. The van der Waals surface area contributed by atoms with Gasteiger partial charge in [-0.3, -0.25) is 0 Å².